The van der Waals surface area contributed by atoms with Gasteiger partial charge in [0.15, 0.2) is 0 Å². The lowest BCUT2D eigenvalue weighted by Gasteiger charge is -2.29. The van der Waals surface area contributed by atoms with Crippen molar-refractivity contribution in [2.45, 2.75) is 52.0 Å². The van der Waals surface area contributed by atoms with Crippen LogP contribution in [0.25, 0.3) is 0 Å². The second kappa shape index (κ2) is 4.99. The fourth-order valence-corrected chi connectivity index (χ4v) is 2.95. The molecule has 0 aromatic heterocycles. The molecule has 0 spiro atoms. The Bertz CT molecular complexity index is 142. The number of nitrogens with zero attached hydrogens (tertiary/aromatic N) is 1. The number of rotatable bonds is 4. The van der Waals surface area contributed by atoms with Gasteiger partial charge in [0.25, 0.3) is 0 Å². The van der Waals surface area contributed by atoms with Crippen LogP contribution in [0.1, 0.15) is 46.0 Å². The smallest absolute Gasteiger partial charge is 0.0115 e. The van der Waals surface area contributed by atoms with Gasteiger partial charge in [0.1, 0.15) is 0 Å². The quantitative estimate of drug-likeness (QED) is 0.647. The Hall–Kier alpha value is -0.0400. The zero-order chi connectivity index (χ0) is 9.84. The molecule has 0 bridgehead atoms. The molecule has 1 aliphatic carbocycles. The molecule has 1 nitrogen and oxygen atoms in total. The van der Waals surface area contributed by atoms with Crippen molar-refractivity contribution >= 4 is 0 Å². The van der Waals surface area contributed by atoms with Crippen molar-refractivity contribution in [2.24, 2.45) is 11.8 Å². The lowest BCUT2D eigenvalue weighted by Crippen LogP contribution is -2.33. The van der Waals surface area contributed by atoms with Crippen LogP contribution in [0.4, 0.5) is 0 Å². The minimum Gasteiger partial charge on any atom is -0.306 e. The molecule has 0 saturated heterocycles. The average molecular weight is 183 g/mol. The van der Waals surface area contributed by atoms with Gasteiger partial charge in [-0.15, -0.1) is 0 Å². The van der Waals surface area contributed by atoms with E-state index in [1.54, 1.807) is 0 Å². The van der Waals surface area contributed by atoms with Gasteiger partial charge in [-0.3, -0.25) is 0 Å². The molecular weight excluding hydrogens is 158 g/mol. The molecule has 1 rings (SSSR count). The summed E-state index contributed by atoms with van der Waals surface area (Å²) < 4.78 is 0. The summed E-state index contributed by atoms with van der Waals surface area (Å²) in [6.07, 6.45) is 7.13. The van der Waals surface area contributed by atoms with Crippen molar-refractivity contribution in [3.63, 3.8) is 0 Å². The summed E-state index contributed by atoms with van der Waals surface area (Å²) in [5.74, 6) is 2.00. The molecule has 0 aromatic carbocycles. The first-order valence-corrected chi connectivity index (χ1v) is 5.85. The average Bonchev–Trinajstić information content (AvgIpc) is 2.53. The fraction of sp³-hybridized carbons (Fsp3) is 1.00. The summed E-state index contributed by atoms with van der Waals surface area (Å²) in [6, 6.07) is 0.830. The number of hydrogen-bond acceptors (Lipinski definition) is 1. The standard InChI is InChI=1S/C12H25N/c1-5-10-7-8-11(9-10)12(6-2)13(3)4/h10-12H,5-9H2,1-4H3. The summed E-state index contributed by atoms with van der Waals surface area (Å²) in [5, 5.41) is 0. The Morgan fingerprint density at radius 1 is 1.23 bits per heavy atom. The highest BCUT2D eigenvalue weighted by Gasteiger charge is 2.29. The summed E-state index contributed by atoms with van der Waals surface area (Å²) in [7, 11) is 4.46. The third-order valence-corrected chi connectivity index (χ3v) is 3.78. The zero-order valence-corrected chi connectivity index (χ0v) is 9.71. The lowest BCUT2D eigenvalue weighted by molar-refractivity contribution is 0.201. The van der Waals surface area contributed by atoms with Gasteiger partial charge < -0.3 is 4.90 Å². The van der Waals surface area contributed by atoms with E-state index in [4.69, 9.17) is 0 Å². The van der Waals surface area contributed by atoms with Gasteiger partial charge in [0.05, 0.1) is 0 Å². The normalized spacial score (nSPS) is 31.2. The van der Waals surface area contributed by atoms with Crippen LogP contribution in [-0.2, 0) is 0 Å². The third-order valence-electron chi connectivity index (χ3n) is 3.78. The van der Waals surface area contributed by atoms with Crippen molar-refractivity contribution in [2.75, 3.05) is 14.1 Å². The predicted molar refractivity (Wildman–Crippen MR) is 58.9 cm³/mol. The van der Waals surface area contributed by atoms with Crippen LogP contribution in [0, 0.1) is 11.8 Å². The summed E-state index contributed by atoms with van der Waals surface area (Å²) in [5.41, 5.74) is 0. The van der Waals surface area contributed by atoms with Crippen molar-refractivity contribution < 1.29 is 0 Å². The van der Waals surface area contributed by atoms with E-state index in [1.165, 1.54) is 32.1 Å². The van der Waals surface area contributed by atoms with E-state index < -0.39 is 0 Å². The van der Waals surface area contributed by atoms with Crippen molar-refractivity contribution in [3.05, 3.63) is 0 Å². The molecule has 1 aliphatic rings. The van der Waals surface area contributed by atoms with Crippen LogP contribution in [0.5, 0.6) is 0 Å². The molecule has 1 saturated carbocycles. The first-order chi connectivity index (χ1) is 6.19. The van der Waals surface area contributed by atoms with Crippen molar-refractivity contribution in [3.8, 4) is 0 Å². The Morgan fingerprint density at radius 3 is 2.31 bits per heavy atom. The van der Waals surface area contributed by atoms with E-state index in [9.17, 15) is 0 Å². The Morgan fingerprint density at radius 2 is 1.92 bits per heavy atom. The summed E-state index contributed by atoms with van der Waals surface area (Å²) >= 11 is 0. The first kappa shape index (κ1) is 11.0. The maximum atomic E-state index is 2.42. The summed E-state index contributed by atoms with van der Waals surface area (Å²) in [6.45, 7) is 4.66. The minimum absolute atomic E-state index is 0.830. The maximum Gasteiger partial charge on any atom is 0.0115 e. The van der Waals surface area contributed by atoms with E-state index >= 15 is 0 Å². The topological polar surface area (TPSA) is 3.24 Å². The highest BCUT2D eigenvalue weighted by atomic mass is 15.1. The van der Waals surface area contributed by atoms with Crippen molar-refractivity contribution in [1.82, 2.24) is 4.90 Å². The molecule has 0 radical (unpaired) electrons. The van der Waals surface area contributed by atoms with Gasteiger partial charge in [-0.05, 0) is 45.2 Å². The zero-order valence-electron chi connectivity index (χ0n) is 9.71. The molecule has 0 aromatic rings. The summed E-state index contributed by atoms with van der Waals surface area (Å²) in [4.78, 5) is 2.42. The highest BCUT2D eigenvalue weighted by molar-refractivity contribution is 4.83. The molecular formula is C12H25N. The SMILES string of the molecule is CCC1CCC(C(CC)N(C)C)C1. The molecule has 0 amide bonds. The molecule has 1 fully saturated rings. The van der Waals surface area contributed by atoms with E-state index in [1.807, 2.05) is 0 Å². The molecule has 13 heavy (non-hydrogen) atoms. The monoisotopic (exact) mass is 183 g/mol. The predicted octanol–water partition coefficient (Wildman–Crippen LogP) is 3.15. The first-order valence-electron chi connectivity index (χ1n) is 5.85. The largest absolute Gasteiger partial charge is 0.306 e. The van der Waals surface area contributed by atoms with Gasteiger partial charge in [-0.1, -0.05) is 26.7 Å². The third kappa shape index (κ3) is 2.70. The second-order valence-electron chi connectivity index (χ2n) is 4.79. The molecule has 0 N–H and O–H groups in total. The van der Waals surface area contributed by atoms with Crippen LogP contribution in [-0.4, -0.2) is 25.0 Å². The van der Waals surface area contributed by atoms with Gasteiger partial charge >= 0.3 is 0 Å². The van der Waals surface area contributed by atoms with Crippen LogP contribution in [0.3, 0.4) is 0 Å². The van der Waals surface area contributed by atoms with Gasteiger partial charge in [0.2, 0.25) is 0 Å². The van der Waals surface area contributed by atoms with Gasteiger partial charge in [0, 0.05) is 6.04 Å². The Balaban J connectivity index is 2.43. The van der Waals surface area contributed by atoms with E-state index in [0.717, 1.165) is 17.9 Å². The minimum atomic E-state index is 0.830. The fourth-order valence-electron chi connectivity index (χ4n) is 2.95. The van der Waals surface area contributed by atoms with E-state index in [-0.39, 0.29) is 0 Å². The molecule has 1 heteroatoms. The molecule has 0 aliphatic heterocycles. The van der Waals surface area contributed by atoms with Crippen LogP contribution in [0.15, 0.2) is 0 Å². The van der Waals surface area contributed by atoms with Crippen molar-refractivity contribution in [1.29, 1.82) is 0 Å². The lowest BCUT2D eigenvalue weighted by atomic mass is 9.93. The molecule has 78 valence electrons. The molecule has 3 atom stereocenters. The molecule has 3 unspecified atom stereocenters. The van der Waals surface area contributed by atoms with Gasteiger partial charge in [-0.25, -0.2) is 0 Å². The van der Waals surface area contributed by atoms with Crippen LogP contribution < -0.4 is 0 Å². The van der Waals surface area contributed by atoms with Crippen LogP contribution in [0.2, 0.25) is 0 Å². The second-order valence-corrected chi connectivity index (χ2v) is 4.79. The van der Waals surface area contributed by atoms with E-state index in [0.29, 0.717) is 0 Å². The van der Waals surface area contributed by atoms with E-state index in [2.05, 4.69) is 32.8 Å². The maximum absolute atomic E-state index is 2.42. The number of hydrogen-bond donors (Lipinski definition) is 0. The molecule has 0 heterocycles. The Kier molecular flexibility index (Phi) is 4.24. The highest BCUT2D eigenvalue weighted by Crippen LogP contribution is 2.36. The van der Waals surface area contributed by atoms with Gasteiger partial charge in [-0.2, -0.15) is 0 Å². The van der Waals surface area contributed by atoms with Crippen LogP contribution >= 0.6 is 0 Å². The Labute approximate surface area is 83.5 Å².